The van der Waals surface area contributed by atoms with Gasteiger partial charge in [-0.15, -0.1) is 0 Å². The number of ether oxygens (including phenoxy) is 1. The maximum Gasteiger partial charge on any atom is 0.302 e. The first kappa shape index (κ1) is 11.5. The van der Waals surface area contributed by atoms with Crippen LogP contribution in [0.1, 0.15) is 25.0 Å². The summed E-state index contributed by atoms with van der Waals surface area (Å²) in [6.07, 6.45) is 4.84. The van der Waals surface area contributed by atoms with Gasteiger partial charge in [0, 0.05) is 6.92 Å². The smallest absolute Gasteiger partial charge is 0.302 e. The van der Waals surface area contributed by atoms with Crippen LogP contribution in [0, 0.1) is 0 Å². The van der Waals surface area contributed by atoms with E-state index in [-0.39, 0.29) is 5.97 Å². The highest BCUT2D eigenvalue weighted by molar-refractivity contribution is 5.66. The number of carbonyl (C=O) groups is 1. The average molecular weight is 204 g/mol. The van der Waals surface area contributed by atoms with Crippen LogP contribution in [0.15, 0.2) is 30.3 Å². The zero-order valence-corrected chi connectivity index (χ0v) is 9.19. The van der Waals surface area contributed by atoms with Crippen molar-refractivity contribution in [3.63, 3.8) is 0 Å². The number of rotatable bonds is 4. The third-order valence-electron chi connectivity index (χ3n) is 2.08. The lowest BCUT2D eigenvalue weighted by molar-refractivity contribution is -0.139. The molecular weight excluding hydrogens is 188 g/mol. The molecule has 0 N–H and O–H groups in total. The Morgan fingerprint density at radius 1 is 1.33 bits per heavy atom. The van der Waals surface area contributed by atoms with Crippen LogP contribution < -0.4 is 0 Å². The van der Waals surface area contributed by atoms with Gasteiger partial charge in [0.25, 0.3) is 0 Å². The monoisotopic (exact) mass is 204 g/mol. The van der Waals surface area contributed by atoms with Crippen molar-refractivity contribution in [3.05, 3.63) is 41.5 Å². The third kappa shape index (κ3) is 4.45. The minimum atomic E-state index is -0.249. The molecule has 0 saturated heterocycles. The molecule has 1 rings (SSSR count). The zero-order chi connectivity index (χ0) is 11.1. The molecule has 0 saturated carbocycles. The Morgan fingerprint density at radius 2 is 2.00 bits per heavy atom. The van der Waals surface area contributed by atoms with Crippen molar-refractivity contribution < 1.29 is 9.53 Å². The van der Waals surface area contributed by atoms with E-state index in [0.717, 1.165) is 12.0 Å². The van der Waals surface area contributed by atoms with Gasteiger partial charge in [-0.3, -0.25) is 4.79 Å². The molecular formula is C13H16O2. The number of carbonyl (C=O) groups excluding carboxylic acids is 1. The average Bonchev–Trinajstić information content (AvgIpc) is 2.25. The van der Waals surface area contributed by atoms with Crippen LogP contribution in [-0.2, 0) is 16.0 Å². The van der Waals surface area contributed by atoms with Crippen LogP contribution in [0.3, 0.4) is 0 Å². The highest BCUT2D eigenvalue weighted by atomic mass is 16.5. The van der Waals surface area contributed by atoms with Gasteiger partial charge in [-0.1, -0.05) is 37.3 Å². The van der Waals surface area contributed by atoms with Crippen LogP contribution in [-0.4, -0.2) is 12.6 Å². The molecule has 0 bridgehead atoms. The Balaban J connectivity index is 2.46. The fourth-order valence-electron chi connectivity index (χ4n) is 1.21. The first-order chi connectivity index (χ1) is 7.22. The summed E-state index contributed by atoms with van der Waals surface area (Å²) in [5, 5.41) is 0. The maximum atomic E-state index is 10.5. The molecule has 0 atom stereocenters. The maximum absolute atomic E-state index is 10.5. The molecule has 0 aromatic heterocycles. The summed E-state index contributed by atoms with van der Waals surface area (Å²) < 4.78 is 4.78. The first-order valence-electron chi connectivity index (χ1n) is 5.11. The van der Waals surface area contributed by atoms with E-state index in [4.69, 9.17) is 4.74 Å². The number of benzene rings is 1. The number of aryl methyl sites for hydroxylation is 1. The van der Waals surface area contributed by atoms with Crippen molar-refractivity contribution in [2.75, 3.05) is 6.61 Å². The predicted molar refractivity (Wildman–Crippen MR) is 61.5 cm³/mol. The van der Waals surface area contributed by atoms with Crippen LogP contribution in [0.25, 0.3) is 6.08 Å². The molecule has 1 aromatic rings. The number of hydrogen-bond donors (Lipinski definition) is 0. The quantitative estimate of drug-likeness (QED) is 0.705. The van der Waals surface area contributed by atoms with Gasteiger partial charge in [0.05, 0.1) is 0 Å². The van der Waals surface area contributed by atoms with E-state index in [1.54, 1.807) is 0 Å². The second-order valence-corrected chi connectivity index (χ2v) is 3.30. The molecule has 0 fully saturated rings. The fraction of sp³-hybridized carbons (Fsp3) is 0.308. The summed E-state index contributed by atoms with van der Waals surface area (Å²) in [7, 11) is 0. The molecule has 2 heteroatoms. The number of esters is 1. The second-order valence-electron chi connectivity index (χ2n) is 3.30. The lowest BCUT2D eigenvalue weighted by Gasteiger charge is -1.98. The Labute approximate surface area is 90.6 Å². The molecule has 15 heavy (non-hydrogen) atoms. The molecule has 0 spiro atoms. The van der Waals surface area contributed by atoms with Crippen LogP contribution in [0.2, 0.25) is 0 Å². The van der Waals surface area contributed by atoms with E-state index >= 15 is 0 Å². The summed E-state index contributed by atoms with van der Waals surface area (Å²) in [4.78, 5) is 10.5. The molecule has 1 aromatic carbocycles. The summed E-state index contributed by atoms with van der Waals surface area (Å²) >= 11 is 0. The van der Waals surface area contributed by atoms with Gasteiger partial charge in [0.2, 0.25) is 0 Å². The van der Waals surface area contributed by atoms with Crippen molar-refractivity contribution in [2.45, 2.75) is 20.3 Å². The van der Waals surface area contributed by atoms with Crippen molar-refractivity contribution in [2.24, 2.45) is 0 Å². The minimum Gasteiger partial charge on any atom is -0.462 e. The van der Waals surface area contributed by atoms with Gasteiger partial charge >= 0.3 is 5.97 Å². The Kier molecular flexibility index (Phi) is 4.61. The van der Waals surface area contributed by atoms with Crippen molar-refractivity contribution >= 4 is 12.0 Å². The molecule has 0 aliphatic heterocycles. The van der Waals surface area contributed by atoms with Crippen LogP contribution in [0.4, 0.5) is 0 Å². The summed E-state index contributed by atoms with van der Waals surface area (Å²) in [5.74, 6) is -0.249. The van der Waals surface area contributed by atoms with E-state index < -0.39 is 0 Å². The summed E-state index contributed by atoms with van der Waals surface area (Å²) in [6.45, 7) is 3.88. The molecule has 0 radical (unpaired) electrons. The summed E-state index contributed by atoms with van der Waals surface area (Å²) in [6, 6.07) is 8.32. The molecule has 2 nitrogen and oxygen atoms in total. The van der Waals surface area contributed by atoms with Gasteiger partial charge in [-0.05, 0) is 23.6 Å². The van der Waals surface area contributed by atoms with Gasteiger partial charge in [0.1, 0.15) is 6.61 Å². The SMILES string of the molecule is CCc1ccc(C=CCOC(C)=O)cc1. The zero-order valence-electron chi connectivity index (χ0n) is 9.19. The van der Waals surface area contributed by atoms with Gasteiger partial charge in [-0.25, -0.2) is 0 Å². The van der Waals surface area contributed by atoms with E-state index in [1.165, 1.54) is 12.5 Å². The molecule has 0 aliphatic carbocycles. The molecule has 0 heterocycles. The standard InChI is InChI=1S/C13H16O2/c1-3-12-6-8-13(9-7-12)5-4-10-15-11(2)14/h4-9H,3,10H2,1-2H3. The molecule has 0 aliphatic rings. The van der Waals surface area contributed by atoms with Crippen molar-refractivity contribution in [1.82, 2.24) is 0 Å². The highest BCUT2D eigenvalue weighted by Crippen LogP contribution is 2.06. The van der Waals surface area contributed by atoms with E-state index in [2.05, 4.69) is 31.2 Å². The predicted octanol–water partition coefficient (Wildman–Crippen LogP) is 2.83. The van der Waals surface area contributed by atoms with Gasteiger partial charge in [-0.2, -0.15) is 0 Å². The van der Waals surface area contributed by atoms with Gasteiger partial charge < -0.3 is 4.74 Å². The normalized spacial score (nSPS) is 10.5. The van der Waals surface area contributed by atoms with E-state index in [1.807, 2.05) is 12.2 Å². The largest absolute Gasteiger partial charge is 0.462 e. The van der Waals surface area contributed by atoms with Crippen LogP contribution in [0.5, 0.6) is 0 Å². The third-order valence-corrected chi connectivity index (χ3v) is 2.08. The molecule has 0 unspecified atom stereocenters. The minimum absolute atomic E-state index is 0.249. The van der Waals surface area contributed by atoms with E-state index in [9.17, 15) is 4.79 Å². The van der Waals surface area contributed by atoms with E-state index in [0.29, 0.717) is 6.61 Å². The molecule has 0 amide bonds. The first-order valence-corrected chi connectivity index (χ1v) is 5.11. The highest BCUT2D eigenvalue weighted by Gasteiger charge is 1.90. The number of hydrogen-bond acceptors (Lipinski definition) is 2. The van der Waals surface area contributed by atoms with Crippen molar-refractivity contribution in [1.29, 1.82) is 0 Å². The van der Waals surface area contributed by atoms with Crippen LogP contribution >= 0.6 is 0 Å². The lowest BCUT2D eigenvalue weighted by atomic mass is 10.1. The van der Waals surface area contributed by atoms with Gasteiger partial charge in [0.15, 0.2) is 0 Å². The lowest BCUT2D eigenvalue weighted by Crippen LogP contribution is -1.97. The molecule has 80 valence electrons. The Bertz CT molecular complexity index is 336. The topological polar surface area (TPSA) is 26.3 Å². The Hall–Kier alpha value is -1.57. The fourth-order valence-corrected chi connectivity index (χ4v) is 1.21. The Morgan fingerprint density at radius 3 is 2.53 bits per heavy atom. The van der Waals surface area contributed by atoms with Crippen molar-refractivity contribution in [3.8, 4) is 0 Å². The summed E-state index contributed by atoms with van der Waals surface area (Å²) in [5.41, 5.74) is 2.45. The second kappa shape index (κ2) is 6.02.